The van der Waals surface area contributed by atoms with Crippen LogP contribution in [0.4, 0.5) is 0 Å². The summed E-state index contributed by atoms with van der Waals surface area (Å²) in [6.45, 7) is 4.46. The molecule has 3 nitrogen and oxygen atoms in total. The third-order valence-electron chi connectivity index (χ3n) is 7.80. The fraction of sp³-hybridized carbons (Fsp3) is 0.789. The van der Waals surface area contributed by atoms with Gasteiger partial charge in [0.15, 0.2) is 11.5 Å². The Bertz CT molecular complexity index is 589. The van der Waals surface area contributed by atoms with Gasteiger partial charge < -0.3 is 5.11 Å². The Balaban J connectivity index is 1.73. The van der Waals surface area contributed by atoms with Crippen molar-refractivity contribution in [1.82, 2.24) is 0 Å². The molecule has 3 heteroatoms. The highest BCUT2D eigenvalue weighted by Gasteiger charge is 2.59. The van der Waals surface area contributed by atoms with Crippen LogP contribution in [0.25, 0.3) is 0 Å². The molecule has 0 heterocycles. The minimum Gasteiger partial charge on any atom is -0.504 e. The second-order valence-electron chi connectivity index (χ2n) is 8.50. The van der Waals surface area contributed by atoms with Crippen LogP contribution in [0.15, 0.2) is 11.3 Å². The van der Waals surface area contributed by atoms with Crippen molar-refractivity contribution in [2.45, 2.75) is 65.2 Å². The number of ketones is 2. The molecule has 0 aromatic heterocycles. The van der Waals surface area contributed by atoms with Crippen LogP contribution in [0.3, 0.4) is 0 Å². The number of allylic oxidation sites excluding steroid dienone is 1. The van der Waals surface area contributed by atoms with Gasteiger partial charge in [-0.25, -0.2) is 0 Å². The summed E-state index contributed by atoms with van der Waals surface area (Å²) < 4.78 is 0. The average molecular weight is 302 g/mol. The molecule has 120 valence electrons. The Morgan fingerprint density at radius 3 is 2.41 bits per heavy atom. The molecule has 0 bridgehead atoms. The van der Waals surface area contributed by atoms with Gasteiger partial charge in [0.1, 0.15) is 5.78 Å². The molecule has 5 atom stereocenters. The summed E-state index contributed by atoms with van der Waals surface area (Å²) in [4.78, 5) is 24.2. The van der Waals surface area contributed by atoms with Crippen LogP contribution < -0.4 is 0 Å². The fourth-order valence-electron chi connectivity index (χ4n) is 6.46. The van der Waals surface area contributed by atoms with Crippen molar-refractivity contribution in [3.8, 4) is 0 Å². The molecule has 0 radical (unpaired) electrons. The molecule has 4 aliphatic rings. The third kappa shape index (κ3) is 1.63. The summed E-state index contributed by atoms with van der Waals surface area (Å²) in [6.07, 6.45) is 7.13. The number of Topliss-reactive ketones (excluding diaryl/α,β-unsaturated/α-hetero) is 2. The van der Waals surface area contributed by atoms with E-state index in [9.17, 15) is 14.7 Å². The molecule has 0 amide bonds. The van der Waals surface area contributed by atoms with Crippen molar-refractivity contribution in [1.29, 1.82) is 0 Å². The molecule has 0 aromatic rings. The van der Waals surface area contributed by atoms with E-state index >= 15 is 0 Å². The number of fused-ring (bicyclic) bond motifs is 5. The molecule has 4 aliphatic carbocycles. The van der Waals surface area contributed by atoms with Crippen LogP contribution in [-0.4, -0.2) is 16.7 Å². The summed E-state index contributed by atoms with van der Waals surface area (Å²) in [5.41, 5.74) is 0.914. The minimum atomic E-state index is -0.0920. The molecule has 22 heavy (non-hydrogen) atoms. The number of aliphatic hydroxyl groups is 1. The first-order valence-corrected chi connectivity index (χ1v) is 8.87. The monoisotopic (exact) mass is 302 g/mol. The number of carbonyl (C=O) groups is 2. The van der Waals surface area contributed by atoms with Gasteiger partial charge in [-0.05, 0) is 67.3 Å². The Morgan fingerprint density at radius 2 is 1.64 bits per heavy atom. The Kier molecular flexibility index (Phi) is 2.93. The van der Waals surface area contributed by atoms with Gasteiger partial charge in [0.05, 0.1) is 0 Å². The molecular weight excluding hydrogens is 276 g/mol. The van der Waals surface area contributed by atoms with Crippen LogP contribution in [0.2, 0.25) is 0 Å². The zero-order valence-corrected chi connectivity index (χ0v) is 13.7. The largest absolute Gasteiger partial charge is 0.504 e. The zero-order valence-electron chi connectivity index (χ0n) is 13.7. The highest BCUT2D eigenvalue weighted by molar-refractivity contribution is 5.95. The lowest BCUT2D eigenvalue weighted by atomic mass is 9.47. The van der Waals surface area contributed by atoms with E-state index < -0.39 is 0 Å². The number of rotatable bonds is 0. The lowest BCUT2D eigenvalue weighted by Gasteiger charge is -2.56. The van der Waals surface area contributed by atoms with Gasteiger partial charge in [0.2, 0.25) is 0 Å². The number of hydrogen-bond acceptors (Lipinski definition) is 3. The zero-order chi connectivity index (χ0) is 15.7. The van der Waals surface area contributed by atoms with Crippen LogP contribution in [-0.2, 0) is 9.59 Å². The summed E-state index contributed by atoms with van der Waals surface area (Å²) in [7, 11) is 0. The van der Waals surface area contributed by atoms with Crippen molar-refractivity contribution in [2.75, 3.05) is 0 Å². The topological polar surface area (TPSA) is 54.4 Å². The second kappa shape index (κ2) is 4.46. The quantitative estimate of drug-likeness (QED) is 0.736. The summed E-state index contributed by atoms with van der Waals surface area (Å²) in [5, 5.41) is 10.3. The van der Waals surface area contributed by atoms with E-state index in [0.717, 1.165) is 50.5 Å². The normalized spacial score (nSPS) is 48.0. The molecule has 0 aliphatic heterocycles. The summed E-state index contributed by atoms with van der Waals surface area (Å²) in [6, 6.07) is 0. The Labute approximate surface area is 132 Å². The molecule has 3 saturated carbocycles. The average Bonchev–Trinajstić information content (AvgIpc) is 2.79. The van der Waals surface area contributed by atoms with Gasteiger partial charge in [-0.1, -0.05) is 13.8 Å². The lowest BCUT2D eigenvalue weighted by Crippen LogP contribution is -2.51. The fourth-order valence-corrected chi connectivity index (χ4v) is 6.46. The van der Waals surface area contributed by atoms with Gasteiger partial charge in [0.25, 0.3) is 0 Å². The predicted octanol–water partition coefficient (Wildman–Crippen LogP) is 3.97. The van der Waals surface area contributed by atoms with E-state index in [2.05, 4.69) is 13.8 Å². The van der Waals surface area contributed by atoms with E-state index in [1.165, 1.54) is 0 Å². The first-order chi connectivity index (χ1) is 10.4. The van der Waals surface area contributed by atoms with Crippen molar-refractivity contribution in [3.63, 3.8) is 0 Å². The van der Waals surface area contributed by atoms with E-state index in [0.29, 0.717) is 30.0 Å². The molecular formula is C19H26O3. The molecule has 0 unspecified atom stereocenters. The van der Waals surface area contributed by atoms with Crippen LogP contribution in [0.1, 0.15) is 65.2 Å². The number of hydrogen-bond donors (Lipinski definition) is 1. The Morgan fingerprint density at radius 1 is 0.909 bits per heavy atom. The van der Waals surface area contributed by atoms with E-state index in [1.807, 2.05) is 0 Å². The molecule has 0 saturated heterocycles. The molecule has 4 rings (SSSR count). The lowest BCUT2D eigenvalue weighted by molar-refractivity contribution is -0.133. The smallest absolute Gasteiger partial charge is 0.197 e. The first kappa shape index (κ1) is 14.5. The van der Waals surface area contributed by atoms with Gasteiger partial charge in [0, 0.05) is 18.3 Å². The maximum absolute atomic E-state index is 12.4. The van der Waals surface area contributed by atoms with Gasteiger partial charge in [-0.3, -0.25) is 9.59 Å². The van der Waals surface area contributed by atoms with Crippen LogP contribution >= 0.6 is 0 Å². The van der Waals surface area contributed by atoms with Crippen molar-refractivity contribution in [3.05, 3.63) is 11.3 Å². The van der Waals surface area contributed by atoms with Gasteiger partial charge >= 0.3 is 0 Å². The molecule has 1 N–H and O–H groups in total. The van der Waals surface area contributed by atoms with Gasteiger partial charge in [-0.2, -0.15) is 0 Å². The summed E-state index contributed by atoms with van der Waals surface area (Å²) >= 11 is 0. The summed E-state index contributed by atoms with van der Waals surface area (Å²) in [5.74, 6) is 2.14. The third-order valence-corrected chi connectivity index (χ3v) is 7.80. The second-order valence-corrected chi connectivity index (χ2v) is 8.50. The molecule has 0 spiro atoms. The van der Waals surface area contributed by atoms with E-state index in [-0.39, 0.29) is 22.4 Å². The van der Waals surface area contributed by atoms with Crippen molar-refractivity contribution in [2.24, 2.45) is 28.6 Å². The minimum absolute atomic E-state index is 0.0200. The highest BCUT2D eigenvalue weighted by atomic mass is 16.3. The predicted molar refractivity (Wildman–Crippen MR) is 83.3 cm³/mol. The molecule has 0 aromatic carbocycles. The van der Waals surface area contributed by atoms with Crippen LogP contribution in [0.5, 0.6) is 0 Å². The van der Waals surface area contributed by atoms with Crippen molar-refractivity contribution < 1.29 is 14.7 Å². The van der Waals surface area contributed by atoms with E-state index in [4.69, 9.17) is 0 Å². The van der Waals surface area contributed by atoms with Crippen LogP contribution in [0, 0.1) is 28.6 Å². The standard InChI is InChI=1S/C19H26O3/c1-18-10-8-15(20)17(22)14(18)4-3-11-12-5-6-16(21)19(12,2)9-7-13(11)18/h11-13,22H,3-10H2,1-2H3/t11-,12+,13-,18-,19+/m0/s1. The maximum Gasteiger partial charge on any atom is 0.197 e. The van der Waals surface area contributed by atoms with Crippen molar-refractivity contribution >= 4 is 11.6 Å². The highest BCUT2D eigenvalue weighted by Crippen LogP contribution is 2.64. The number of aliphatic hydroxyl groups excluding tert-OH is 1. The molecule has 3 fully saturated rings. The van der Waals surface area contributed by atoms with E-state index in [1.54, 1.807) is 0 Å². The maximum atomic E-state index is 12.4. The SMILES string of the molecule is C[C@@]12CC[C@H]3[C@@H](CCC4=C(O)C(=O)CC[C@]43C)[C@H]1CCC2=O. The first-order valence-electron chi connectivity index (χ1n) is 8.87. The Hall–Kier alpha value is -1.12. The number of carbonyl (C=O) groups excluding carboxylic acids is 2. The van der Waals surface area contributed by atoms with Gasteiger partial charge in [-0.15, -0.1) is 0 Å².